The highest BCUT2D eigenvalue weighted by atomic mass is 15.2. The fourth-order valence-corrected chi connectivity index (χ4v) is 1.85. The van der Waals surface area contributed by atoms with Crippen molar-refractivity contribution in [3.8, 4) is 6.07 Å². The van der Waals surface area contributed by atoms with E-state index in [1.807, 2.05) is 0 Å². The number of rotatable bonds is 2. The summed E-state index contributed by atoms with van der Waals surface area (Å²) in [6.07, 6.45) is 0.991. The lowest BCUT2D eigenvalue weighted by Gasteiger charge is -2.35. The highest BCUT2D eigenvalue weighted by molar-refractivity contribution is 5.04. The zero-order valence-corrected chi connectivity index (χ0v) is 10.0. The van der Waals surface area contributed by atoms with Crippen LogP contribution in [0.4, 0.5) is 0 Å². The summed E-state index contributed by atoms with van der Waals surface area (Å²) >= 11 is 0. The first-order chi connectivity index (χ1) is 6.92. The first-order valence-electron chi connectivity index (χ1n) is 5.48. The third kappa shape index (κ3) is 3.93. The third-order valence-electron chi connectivity index (χ3n) is 2.51. The molecule has 0 radical (unpaired) electrons. The average molecular weight is 207 g/mol. The van der Waals surface area contributed by atoms with Crippen LogP contribution in [0.2, 0.25) is 0 Å². The predicted molar refractivity (Wildman–Crippen MR) is 62.2 cm³/mol. The van der Waals surface area contributed by atoms with Crippen LogP contribution >= 0.6 is 0 Å². The highest BCUT2D eigenvalue weighted by Crippen LogP contribution is 2.25. The number of nitrogens with one attached hydrogen (secondary N) is 1. The Bertz CT molecular complexity index is 270. The van der Waals surface area contributed by atoms with Crippen molar-refractivity contribution in [2.75, 3.05) is 19.6 Å². The highest BCUT2D eigenvalue weighted by Gasteiger charge is 2.22. The Morgan fingerprint density at radius 3 is 2.80 bits per heavy atom. The summed E-state index contributed by atoms with van der Waals surface area (Å²) in [4.78, 5) is 2.23. The number of piperazine rings is 1. The van der Waals surface area contributed by atoms with Crippen LogP contribution in [0, 0.1) is 16.7 Å². The lowest BCUT2D eigenvalue weighted by molar-refractivity contribution is 0.243. The Kier molecular flexibility index (Phi) is 3.76. The predicted octanol–water partition coefficient (Wildman–Crippen LogP) is 1.73. The molecule has 0 saturated carbocycles. The van der Waals surface area contributed by atoms with Gasteiger partial charge >= 0.3 is 0 Å². The Morgan fingerprint density at radius 2 is 2.27 bits per heavy atom. The molecule has 0 aromatic rings. The minimum absolute atomic E-state index is 0.0459. The van der Waals surface area contributed by atoms with E-state index in [-0.39, 0.29) is 11.5 Å². The number of allylic oxidation sites excluding steroid dienone is 1. The first-order valence-corrected chi connectivity index (χ1v) is 5.48. The van der Waals surface area contributed by atoms with Crippen molar-refractivity contribution >= 4 is 0 Å². The second-order valence-corrected chi connectivity index (χ2v) is 5.39. The van der Waals surface area contributed by atoms with Crippen molar-refractivity contribution in [1.82, 2.24) is 10.2 Å². The molecule has 1 aliphatic heterocycles. The molecule has 0 amide bonds. The maximum atomic E-state index is 8.85. The number of nitriles is 1. The largest absolute Gasteiger partial charge is 0.371 e. The molecule has 0 aliphatic carbocycles. The minimum atomic E-state index is -0.0459. The van der Waals surface area contributed by atoms with Crippen LogP contribution in [0.1, 0.15) is 27.2 Å². The molecule has 0 aromatic heterocycles. The van der Waals surface area contributed by atoms with Crippen molar-refractivity contribution in [2.45, 2.75) is 33.2 Å². The lowest BCUT2D eigenvalue weighted by Crippen LogP contribution is -2.49. The van der Waals surface area contributed by atoms with Gasteiger partial charge in [-0.15, -0.1) is 0 Å². The maximum Gasteiger partial charge on any atom is 0.113 e. The average Bonchev–Trinajstić information content (AvgIpc) is 2.15. The van der Waals surface area contributed by atoms with E-state index in [4.69, 9.17) is 5.26 Å². The summed E-state index contributed by atoms with van der Waals surface area (Å²) < 4.78 is 0. The van der Waals surface area contributed by atoms with Crippen molar-refractivity contribution < 1.29 is 0 Å². The van der Waals surface area contributed by atoms with Gasteiger partial charge < -0.3 is 4.90 Å². The van der Waals surface area contributed by atoms with Gasteiger partial charge in [-0.25, -0.2) is 0 Å². The summed E-state index contributed by atoms with van der Waals surface area (Å²) in [6.45, 7) is 13.4. The van der Waals surface area contributed by atoms with Gasteiger partial charge in [0.15, 0.2) is 0 Å². The number of hydrogen-bond donors (Lipinski definition) is 1. The van der Waals surface area contributed by atoms with Crippen LogP contribution in [-0.2, 0) is 0 Å². The molecule has 1 rings (SSSR count). The molecule has 1 fully saturated rings. The summed E-state index contributed by atoms with van der Waals surface area (Å²) in [5.41, 5.74) is 1.42. The van der Waals surface area contributed by atoms with Gasteiger partial charge in [-0.3, -0.25) is 5.32 Å². The second-order valence-electron chi connectivity index (χ2n) is 5.39. The molecule has 84 valence electrons. The summed E-state index contributed by atoms with van der Waals surface area (Å²) in [5.74, 6) is 0. The normalized spacial score (nSPS) is 22.3. The summed E-state index contributed by atoms with van der Waals surface area (Å²) in [6, 6.07) is 2.21. The molecule has 3 nitrogen and oxygen atoms in total. The minimum Gasteiger partial charge on any atom is -0.371 e. The van der Waals surface area contributed by atoms with E-state index in [1.165, 1.54) is 0 Å². The van der Waals surface area contributed by atoms with E-state index in [1.54, 1.807) is 0 Å². The van der Waals surface area contributed by atoms with E-state index in [2.05, 4.69) is 43.6 Å². The quantitative estimate of drug-likeness (QED) is 0.749. The van der Waals surface area contributed by atoms with E-state index in [9.17, 15) is 0 Å². The summed E-state index contributed by atoms with van der Waals surface area (Å²) in [7, 11) is 0. The molecule has 1 saturated heterocycles. The zero-order valence-electron chi connectivity index (χ0n) is 10.0. The van der Waals surface area contributed by atoms with Gasteiger partial charge in [0.1, 0.15) is 6.04 Å². The van der Waals surface area contributed by atoms with Gasteiger partial charge in [-0.1, -0.05) is 27.4 Å². The van der Waals surface area contributed by atoms with Gasteiger partial charge in [0.2, 0.25) is 0 Å². The third-order valence-corrected chi connectivity index (χ3v) is 2.51. The Balaban J connectivity index is 2.50. The van der Waals surface area contributed by atoms with Crippen molar-refractivity contribution in [1.29, 1.82) is 5.26 Å². The molecule has 15 heavy (non-hydrogen) atoms. The molecular weight excluding hydrogens is 186 g/mol. The van der Waals surface area contributed by atoms with Crippen LogP contribution in [0.15, 0.2) is 12.3 Å². The molecule has 1 atom stereocenters. The summed E-state index contributed by atoms with van der Waals surface area (Å²) in [5, 5.41) is 12.0. The van der Waals surface area contributed by atoms with Crippen LogP contribution in [0.5, 0.6) is 0 Å². The molecule has 3 heteroatoms. The molecule has 1 heterocycles. The second kappa shape index (κ2) is 4.67. The molecule has 0 bridgehead atoms. The molecular formula is C12H21N3. The SMILES string of the molecule is C=C(CC(C)(C)C)N1CCNC(C#N)C1. The van der Waals surface area contributed by atoms with Crippen LogP contribution in [0.25, 0.3) is 0 Å². The smallest absolute Gasteiger partial charge is 0.113 e. The van der Waals surface area contributed by atoms with Gasteiger partial charge in [-0.05, 0) is 11.8 Å². The van der Waals surface area contributed by atoms with E-state index in [0.717, 1.165) is 31.8 Å². The molecule has 0 spiro atoms. The Labute approximate surface area is 92.8 Å². The fourth-order valence-electron chi connectivity index (χ4n) is 1.85. The fraction of sp³-hybridized carbons (Fsp3) is 0.750. The first kappa shape index (κ1) is 12.1. The zero-order chi connectivity index (χ0) is 11.5. The van der Waals surface area contributed by atoms with Crippen LogP contribution in [0.3, 0.4) is 0 Å². The van der Waals surface area contributed by atoms with E-state index in [0.29, 0.717) is 0 Å². The van der Waals surface area contributed by atoms with Gasteiger partial charge in [0, 0.05) is 25.3 Å². The Hall–Kier alpha value is -1.01. The van der Waals surface area contributed by atoms with Crippen LogP contribution < -0.4 is 5.32 Å². The van der Waals surface area contributed by atoms with E-state index < -0.39 is 0 Å². The van der Waals surface area contributed by atoms with Crippen LogP contribution in [-0.4, -0.2) is 30.6 Å². The van der Waals surface area contributed by atoms with Gasteiger partial charge in [-0.2, -0.15) is 5.26 Å². The molecule has 1 unspecified atom stereocenters. The van der Waals surface area contributed by atoms with Gasteiger partial charge in [0.05, 0.1) is 6.07 Å². The van der Waals surface area contributed by atoms with Crippen molar-refractivity contribution in [3.05, 3.63) is 12.3 Å². The van der Waals surface area contributed by atoms with E-state index >= 15 is 0 Å². The molecule has 1 aliphatic rings. The molecule has 1 N–H and O–H groups in total. The van der Waals surface area contributed by atoms with Crippen molar-refractivity contribution in [2.24, 2.45) is 5.41 Å². The van der Waals surface area contributed by atoms with Gasteiger partial charge in [0.25, 0.3) is 0 Å². The monoisotopic (exact) mass is 207 g/mol. The number of nitrogens with zero attached hydrogens (tertiary/aromatic N) is 2. The topological polar surface area (TPSA) is 39.1 Å². The van der Waals surface area contributed by atoms with Crippen molar-refractivity contribution in [3.63, 3.8) is 0 Å². The standard InChI is InChI=1S/C12H21N3/c1-10(7-12(2,3)4)15-6-5-14-11(8-13)9-15/h11,14H,1,5-7,9H2,2-4H3. The maximum absolute atomic E-state index is 8.85. The molecule has 0 aromatic carbocycles. The Morgan fingerprint density at radius 1 is 1.60 bits per heavy atom. The number of hydrogen-bond acceptors (Lipinski definition) is 3. The lowest BCUT2D eigenvalue weighted by atomic mass is 9.90.